The predicted molar refractivity (Wildman–Crippen MR) is 125 cm³/mol. The fraction of sp³-hybridized carbons (Fsp3) is 0.292. The number of hydrogen-bond donors (Lipinski definition) is 3. The molecule has 0 spiro atoms. The van der Waals surface area contributed by atoms with Gasteiger partial charge < -0.3 is 20.7 Å². The molecule has 1 amide bonds. The number of nitrogens with one attached hydrogen (secondary N) is 3. The van der Waals surface area contributed by atoms with Crippen molar-refractivity contribution in [3.63, 3.8) is 0 Å². The van der Waals surface area contributed by atoms with E-state index in [4.69, 9.17) is 4.74 Å². The van der Waals surface area contributed by atoms with Crippen LogP contribution in [0.5, 0.6) is 5.75 Å². The summed E-state index contributed by atoms with van der Waals surface area (Å²) in [6, 6.07) is 16.5. The number of amides is 1. The summed E-state index contributed by atoms with van der Waals surface area (Å²) < 4.78 is 5.64. The van der Waals surface area contributed by atoms with Gasteiger partial charge in [-0.05, 0) is 68.8 Å². The Morgan fingerprint density at radius 1 is 0.968 bits per heavy atom. The molecular weight excluding hydrogens is 390 g/mol. The van der Waals surface area contributed by atoms with Gasteiger partial charge in [-0.25, -0.2) is 4.98 Å². The van der Waals surface area contributed by atoms with Gasteiger partial charge in [0, 0.05) is 35.2 Å². The second-order valence-corrected chi connectivity index (χ2v) is 7.13. The first-order valence-corrected chi connectivity index (χ1v) is 10.6. The molecule has 162 valence electrons. The number of ether oxygens (including phenoxy) is 1. The first-order valence-electron chi connectivity index (χ1n) is 10.6. The van der Waals surface area contributed by atoms with Gasteiger partial charge in [0.1, 0.15) is 11.6 Å². The number of hydrogen-bond acceptors (Lipinski definition) is 6. The molecule has 0 bridgehead atoms. The molecule has 0 aliphatic carbocycles. The lowest BCUT2D eigenvalue weighted by molar-refractivity contribution is 0.102. The molecule has 7 nitrogen and oxygen atoms in total. The zero-order valence-electron chi connectivity index (χ0n) is 18.2. The third-order valence-corrected chi connectivity index (χ3v) is 4.49. The standard InChI is InChI=1S/C24H29N5O2/c1-4-6-15-31-21-13-7-18(8-14-21)23(30)27-19-9-11-20(12-10-19)28-24-26-17(3)16-22(29-24)25-5-2/h7-14,16H,4-6,15H2,1-3H3,(H,27,30)(H2,25,26,28,29). The van der Waals surface area contributed by atoms with Gasteiger partial charge in [-0.2, -0.15) is 4.98 Å². The maximum absolute atomic E-state index is 12.5. The summed E-state index contributed by atoms with van der Waals surface area (Å²) in [5.41, 5.74) is 2.99. The minimum absolute atomic E-state index is 0.168. The highest BCUT2D eigenvalue weighted by atomic mass is 16.5. The van der Waals surface area contributed by atoms with Crippen LogP contribution < -0.4 is 20.7 Å². The molecule has 1 heterocycles. The lowest BCUT2D eigenvalue weighted by Gasteiger charge is -2.10. The molecule has 3 rings (SSSR count). The van der Waals surface area contributed by atoms with Crippen LogP contribution in [0, 0.1) is 6.92 Å². The van der Waals surface area contributed by atoms with Crippen LogP contribution in [0.1, 0.15) is 42.7 Å². The van der Waals surface area contributed by atoms with Crippen molar-refractivity contribution >= 4 is 29.0 Å². The Balaban J connectivity index is 1.58. The maximum atomic E-state index is 12.5. The molecule has 0 atom stereocenters. The van der Waals surface area contributed by atoms with E-state index in [1.807, 2.05) is 56.3 Å². The van der Waals surface area contributed by atoms with E-state index in [0.717, 1.165) is 42.3 Å². The van der Waals surface area contributed by atoms with Gasteiger partial charge >= 0.3 is 0 Å². The largest absolute Gasteiger partial charge is 0.494 e. The van der Waals surface area contributed by atoms with Crippen LogP contribution in [0.3, 0.4) is 0 Å². The summed E-state index contributed by atoms with van der Waals surface area (Å²) in [5.74, 6) is 1.91. The molecule has 2 aromatic carbocycles. The predicted octanol–water partition coefficient (Wildman–Crippen LogP) is 5.39. The molecule has 7 heteroatoms. The molecular formula is C24H29N5O2. The fourth-order valence-electron chi connectivity index (χ4n) is 2.90. The summed E-state index contributed by atoms with van der Waals surface area (Å²) in [6.45, 7) is 7.55. The van der Waals surface area contributed by atoms with Crippen molar-refractivity contribution in [1.29, 1.82) is 0 Å². The summed E-state index contributed by atoms with van der Waals surface area (Å²) in [6.07, 6.45) is 2.10. The first kappa shape index (κ1) is 22.1. The molecule has 1 aromatic heterocycles. The van der Waals surface area contributed by atoms with Crippen molar-refractivity contribution in [3.8, 4) is 5.75 Å². The maximum Gasteiger partial charge on any atom is 0.255 e. The van der Waals surface area contributed by atoms with E-state index in [2.05, 4.69) is 32.8 Å². The number of rotatable bonds is 10. The van der Waals surface area contributed by atoms with Crippen molar-refractivity contribution in [2.75, 3.05) is 29.1 Å². The van der Waals surface area contributed by atoms with Gasteiger partial charge in [0.15, 0.2) is 0 Å². The zero-order chi connectivity index (χ0) is 22.1. The summed E-state index contributed by atoms with van der Waals surface area (Å²) >= 11 is 0. The van der Waals surface area contributed by atoms with Crippen LogP contribution in [0.15, 0.2) is 54.6 Å². The van der Waals surface area contributed by atoms with Crippen LogP contribution in [-0.2, 0) is 0 Å². The fourth-order valence-corrected chi connectivity index (χ4v) is 2.90. The van der Waals surface area contributed by atoms with Crippen molar-refractivity contribution in [2.45, 2.75) is 33.6 Å². The molecule has 0 fully saturated rings. The van der Waals surface area contributed by atoms with Crippen molar-refractivity contribution in [2.24, 2.45) is 0 Å². The smallest absolute Gasteiger partial charge is 0.255 e. The number of carbonyl (C=O) groups excluding carboxylic acids is 1. The van der Waals surface area contributed by atoms with Crippen molar-refractivity contribution < 1.29 is 9.53 Å². The molecule has 0 radical (unpaired) electrons. The number of unbranched alkanes of at least 4 members (excludes halogenated alkanes) is 1. The highest BCUT2D eigenvalue weighted by molar-refractivity contribution is 6.04. The first-order chi connectivity index (χ1) is 15.1. The average Bonchev–Trinajstić information content (AvgIpc) is 2.75. The third kappa shape index (κ3) is 6.70. The number of carbonyl (C=O) groups is 1. The highest BCUT2D eigenvalue weighted by Gasteiger charge is 2.07. The number of aromatic nitrogens is 2. The van der Waals surface area contributed by atoms with E-state index in [1.54, 1.807) is 12.1 Å². The van der Waals surface area contributed by atoms with Gasteiger partial charge in [0.2, 0.25) is 5.95 Å². The summed E-state index contributed by atoms with van der Waals surface area (Å²) in [7, 11) is 0. The minimum atomic E-state index is -0.168. The Labute approximate surface area is 183 Å². The van der Waals surface area contributed by atoms with E-state index < -0.39 is 0 Å². The van der Waals surface area contributed by atoms with Gasteiger partial charge in [0.05, 0.1) is 6.61 Å². The Morgan fingerprint density at radius 2 is 1.68 bits per heavy atom. The van der Waals surface area contributed by atoms with Gasteiger partial charge in [-0.1, -0.05) is 13.3 Å². The van der Waals surface area contributed by atoms with E-state index >= 15 is 0 Å². The van der Waals surface area contributed by atoms with E-state index in [0.29, 0.717) is 23.8 Å². The quantitative estimate of drug-likeness (QED) is 0.382. The van der Waals surface area contributed by atoms with Crippen LogP contribution >= 0.6 is 0 Å². The van der Waals surface area contributed by atoms with E-state index in [9.17, 15) is 4.79 Å². The van der Waals surface area contributed by atoms with E-state index in [-0.39, 0.29) is 5.91 Å². The topological polar surface area (TPSA) is 88.2 Å². The Kier molecular flexibility index (Phi) is 7.81. The molecule has 3 aromatic rings. The zero-order valence-corrected chi connectivity index (χ0v) is 18.2. The second-order valence-electron chi connectivity index (χ2n) is 7.13. The lowest BCUT2D eigenvalue weighted by atomic mass is 10.2. The van der Waals surface area contributed by atoms with Gasteiger partial charge in [-0.15, -0.1) is 0 Å². The number of benzene rings is 2. The molecule has 0 aliphatic heterocycles. The number of anilines is 4. The lowest BCUT2D eigenvalue weighted by Crippen LogP contribution is -2.11. The van der Waals surface area contributed by atoms with Gasteiger partial charge in [-0.3, -0.25) is 4.79 Å². The molecule has 3 N–H and O–H groups in total. The summed E-state index contributed by atoms with van der Waals surface area (Å²) in [5, 5.41) is 9.29. The summed E-state index contributed by atoms with van der Waals surface area (Å²) in [4.78, 5) is 21.4. The monoisotopic (exact) mass is 419 g/mol. The normalized spacial score (nSPS) is 10.4. The van der Waals surface area contributed by atoms with E-state index in [1.165, 1.54) is 0 Å². The van der Waals surface area contributed by atoms with Crippen LogP contribution in [-0.4, -0.2) is 29.0 Å². The Bertz CT molecular complexity index is 988. The molecule has 0 saturated carbocycles. The van der Waals surface area contributed by atoms with Crippen LogP contribution in [0.25, 0.3) is 0 Å². The SMILES string of the molecule is CCCCOc1ccc(C(=O)Nc2ccc(Nc3nc(C)cc(NCC)n3)cc2)cc1. The van der Waals surface area contributed by atoms with Crippen LogP contribution in [0.2, 0.25) is 0 Å². The third-order valence-electron chi connectivity index (χ3n) is 4.49. The molecule has 0 unspecified atom stereocenters. The molecule has 31 heavy (non-hydrogen) atoms. The average molecular weight is 420 g/mol. The minimum Gasteiger partial charge on any atom is -0.494 e. The van der Waals surface area contributed by atoms with Crippen molar-refractivity contribution in [1.82, 2.24) is 9.97 Å². The Hall–Kier alpha value is -3.61. The number of aryl methyl sites for hydroxylation is 1. The number of nitrogens with zero attached hydrogens (tertiary/aromatic N) is 2. The highest BCUT2D eigenvalue weighted by Crippen LogP contribution is 2.19. The van der Waals surface area contributed by atoms with Crippen molar-refractivity contribution in [3.05, 3.63) is 65.9 Å². The molecule has 0 aliphatic rings. The molecule has 0 saturated heterocycles. The van der Waals surface area contributed by atoms with Gasteiger partial charge in [0.25, 0.3) is 5.91 Å². The second kappa shape index (κ2) is 11.0. The van der Waals surface area contributed by atoms with Crippen LogP contribution in [0.4, 0.5) is 23.1 Å². The Morgan fingerprint density at radius 3 is 2.35 bits per heavy atom.